The van der Waals surface area contributed by atoms with E-state index >= 15 is 0 Å². The molecule has 0 fully saturated rings. The lowest BCUT2D eigenvalue weighted by Crippen LogP contribution is -2.10. The zero-order valence-corrected chi connectivity index (χ0v) is 33.2. The number of pyridine rings is 2. The van der Waals surface area contributed by atoms with Crippen molar-refractivity contribution in [2.45, 2.75) is 0 Å². The quantitative estimate of drug-likeness (QED) is 0.158. The molecule has 0 N–H and O–H groups in total. The van der Waals surface area contributed by atoms with Gasteiger partial charge in [0, 0.05) is 39.0 Å². The van der Waals surface area contributed by atoms with Crippen molar-refractivity contribution < 1.29 is 0 Å². The van der Waals surface area contributed by atoms with Gasteiger partial charge in [0.25, 0.3) is 0 Å². The number of anilines is 3. The molecule has 0 atom stereocenters. The Labute approximate surface area is 353 Å². The van der Waals surface area contributed by atoms with Crippen molar-refractivity contribution in [1.29, 1.82) is 0 Å². The number of fused-ring (bicyclic) bond motifs is 9. The van der Waals surface area contributed by atoms with Crippen LogP contribution in [0.5, 0.6) is 0 Å². The standard InChI is InChI=1S/C58H37N3/c1-2-8-38(9-3-1)43-20-28-51-44(36-43)14-15-45-37-48(27-29-52(45)51)61(46-23-16-41(17-24-46)55-34-30-53-49-12-6-4-10-39(49)21-32-57(53)59-55)47-25-18-42(19-26-47)56-35-31-54-50-13-7-5-11-40(50)22-33-58(54)60-56/h1-37H. The molecule has 0 radical (unpaired) electrons. The SMILES string of the molecule is c1ccc(-c2ccc3c(ccc4cc(N(c5ccc(-c6ccc7c(ccc8ccccc87)n6)cc5)c5ccc(-c6ccc7c(ccc8ccccc87)n6)cc5)ccc43)c2)cc1. The van der Waals surface area contributed by atoms with Crippen molar-refractivity contribution in [3.63, 3.8) is 0 Å². The third-order valence-corrected chi connectivity index (χ3v) is 12.2. The van der Waals surface area contributed by atoms with Crippen LogP contribution in [-0.2, 0) is 0 Å². The molecule has 2 aromatic heterocycles. The van der Waals surface area contributed by atoms with Crippen LogP contribution in [0.1, 0.15) is 0 Å². The lowest BCUT2D eigenvalue weighted by atomic mass is 9.97. The highest BCUT2D eigenvalue weighted by Crippen LogP contribution is 2.40. The van der Waals surface area contributed by atoms with Gasteiger partial charge in [-0.15, -0.1) is 0 Å². The van der Waals surface area contributed by atoms with Crippen LogP contribution in [0.25, 0.3) is 98.5 Å². The fourth-order valence-electron chi connectivity index (χ4n) is 9.11. The van der Waals surface area contributed by atoms with E-state index in [1.54, 1.807) is 0 Å². The summed E-state index contributed by atoms with van der Waals surface area (Å²) in [4.78, 5) is 12.6. The first-order valence-electron chi connectivity index (χ1n) is 20.8. The molecule has 0 aliphatic heterocycles. The molecule has 284 valence electrons. The first-order valence-corrected chi connectivity index (χ1v) is 20.8. The van der Waals surface area contributed by atoms with Crippen LogP contribution < -0.4 is 4.90 Å². The zero-order chi connectivity index (χ0) is 40.3. The van der Waals surface area contributed by atoms with Gasteiger partial charge in [0.15, 0.2) is 0 Å². The Bertz CT molecular complexity index is 3470. The van der Waals surface area contributed by atoms with Crippen molar-refractivity contribution in [2.24, 2.45) is 0 Å². The molecule has 12 aromatic rings. The van der Waals surface area contributed by atoms with Gasteiger partial charge in [-0.05, 0) is 121 Å². The summed E-state index contributed by atoms with van der Waals surface area (Å²) in [6.07, 6.45) is 0. The van der Waals surface area contributed by atoms with Crippen LogP contribution in [0.3, 0.4) is 0 Å². The van der Waals surface area contributed by atoms with E-state index < -0.39 is 0 Å². The van der Waals surface area contributed by atoms with Crippen molar-refractivity contribution >= 4 is 82.0 Å². The molecule has 0 unspecified atom stereocenters. The zero-order valence-electron chi connectivity index (χ0n) is 33.2. The summed E-state index contributed by atoms with van der Waals surface area (Å²) < 4.78 is 0. The first-order chi connectivity index (χ1) is 30.2. The van der Waals surface area contributed by atoms with E-state index in [1.165, 1.54) is 65.0 Å². The maximum atomic E-state index is 5.12. The average molecular weight is 776 g/mol. The Morgan fingerprint density at radius 3 is 1.25 bits per heavy atom. The second-order valence-electron chi connectivity index (χ2n) is 15.8. The van der Waals surface area contributed by atoms with Gasteiger partial charge in [0.1, 0.15) is 0 Å². The van der Waals surface area contributed by atoms with Crippen molar-refractivity contribution in [1.82, 2.24) is 9.97 Å². The predicted octanol–water partition coefficient (Wildman–Crippen LogP) is 15.9. The van der Waals surface area contributed by atoms with Crippen LogP contribution >= 0.6 is 0 Å². The number of hydrogen-bond donors (Lipinski definition) is 0. The molecular formula is C58H37N3. The number of nitrogens with zero attached hydrogens (tertiary/aromatic N) is 3. The summed E-state index contributed by atoms with van der Waals surface area (Å²) >= 11 is 0. The smallest absolute Gasteiger partial charge is 0.0715 e. The summed E-state index contributed by atoms with van der Waals surface area (Å²) in [5.41, 5.74) is 11.7. The van der Waals surface area contributed by atoms with Crippen molar-refractivity contribution in [3.8, 4) is 33.6 Å². The molecule has 0 saturated carbocycles. The van der Waals surface area contributed by atoms with Gasteiger partial charge in [-0.3, -0.25) is 0 Å². The van der Waals surface area contributed by atoms with Gasteiger partial charge in [-0.2, -0.15) is 0 Å². The molecule has 0 bridgehead atoms. The Hall–Kier alpha value is -8.14. The highest BCUT2D eigenvalue weighted by molar-refractivity contribution is 6.10. The third kappa shape index (κ3) is 6.14. The Morgan fingerprint density at radius 1 is 0.246 bits per heavy atom. The molecule has 12 rings (SSSR count). The van der Waals surface area contributed by atoms with E-state index in [4.69, 9.17) is 9.97 Å². The van der Waals surface area contributed by atoms with Crippen LogP contribution in [0.15, 0.2) is 224 Å². The predicted molar refractivity (Wildman–Crippen MR) is 258 cm³/mol. The van der Waals surface area contributed by atoms with Gasteiger partial charge in [0.05, 0.1) is 22.4 Å². The minimum atomic E-state index is 0.953. The molecule has 2 heterocycles. The van der Waals surface area contributed by atoms with Crippen LogP contribution in [-0.4, -0.2) is 9.97 Å². The molecular weight excluding hydrogens is 739 g/mol. The average Bonchev–Trinajstić information content (AvgIpc) is 3.34. The summed E-state index contributed by atoms with van der Waals surface area (Å²) in [6.45, 7) is 0. The van der Waals surface area contributed by atoms with Crippen LogP contribution in [0.2, 0.25) is 0 Å². The fourth-order valence-corrected chi connectivity index (χ4v) is 9.11. The van der Waals surface area contributed by atoms with E-state index in [9.17, 15) is 0 Å². The molecule has 61 heavy (non-hydrogen) atoms. The van der Waals surface area contributed by atoms with E-state index in [-0.39, 0.29) is 0 Å². The maximum absolute atomic E-state index is 5.12. The van der Waals surface area contributed by atoms with E-state index in [1.807, 2.05) is 0 Å². The molecule has 0 spiro atoms. The Balaban J connectivity index is 0.934. The monoisotopic (exact) mass is 775 g/mol. The maximum Gasteiger partial charge on any atom is 0.0715 e. The van der Waals surface area contributed by atoms with Gasteiger partial charge >= 0.3 is 0 Å². The highest BCUT2D eigenvalue weighted by atomic mass is 15.1. The number of hydrogen-bond acceptors (Lipinski definition) is 3. The second-order valence-corrected chi connectivity index (χ2v) is 15.8. The van der Waals surface area contributed by atoms with Crippen LogP contribution in [0.4, 0.5) is 17.1 Å². The third-order valence-electron chi connectivity index (χ3n) is 12.2. The molecule has 0 aliphatic rings. The van der Waals surface area contributed by atoms with Gasteiger partial charge in [0.2, 0.25) is 0 Å². The fraction of sp³-hybridized carbons (Fsp3) is 0. The van der Waals surface area contributed by atoms with Gasteiger partial charge in [-0.25, -0.2) is 9.97 Å². The van der Waals surface area contributed by atoms with Gasteiger partial charge in [-0.1, -0.05) is 158 Å². The minimum Gasteiger partial charge on any atom is -0.310 e. The Morgan fingerprint density at radius 2 is 0.672 bits per heavy atom. The number of rotatable bonds is 6. The highest BCUT2D eigenvalue weighted by Gasteiger charge is 2.16. The molecule has 0 aliphatic carbocycles. The van der Waals surface area contributed by atoms with Gasteiger partial charge < -0.3 is 4.90 Å². The number of benzene rings is 10. The molecule has 10 aromatic carbocycles. The molecule has 0 saturated heterocycles. The Kier molecular flexibility index (Phi) is 8.17. The summed E-state index contributed by atoms with van der Waals surface area (Å²) in [5, 5.41) is 12.1. The summed E-state index contributed by atoms with van der Waals surface area (Å²) in [7, 11) is 0. The summed E-state index contributed by atoms with van der Waals surface area (Å²) in [6, 6.07) is 80.6. The minimum absolute atomic E-state index is 0.953. The normalized spacial score (nSPS) is 11.6. The van der Waals surface area contributed by atoms with Crippen LogP contribution in [0, 0.1) is 0 Å². The molecule has 0 amide bonds. The van der Waals surface area contributed by atoms with E-state index in [2.05, 4.69) is 229 Å². The lowest BCUT2D eigenvalue weighted by Gasteiger charge is -2.26. The second kappa shape index (κ2) is 14.3. The van der Waals surface area contributed by atoms with E-state index in [0.29, 0.717) is 0 Å². The van der Waals surface area contributed by atoms with Crippen molar-refractivity contribution in [2.75, 3.05) is 4.90 Å². The summed E-state index contributed by atoms with van der Waals surface area (Å²) in [5.74, 6) is 0. The molecule has 3 heteroatoms. The number of aromatic nitrogens is 2. The topological polar surface area (TPSA) is 29.0 Å². The largest absolute Gasteiger partial charge is 0.310 e. The lowest BCUT2D eigenvalue weighted by molar-refractivity contribution is 1.28. The molecule has 3 nitrogen and oxygen atoms in total. The first kappa shape index (κ1) is 34.9. The van der Waals surface area contributed by atoms with Crippen molar-refractivity contribution in [3.05, 3.63) is 224 Å². The van der Waals surface area contributed by atoms with E-state index in [0.717, 1.165) is 50.6 Å².